The fraction of sp³-hybridized carbons (Fsp3) is 0.929. The number of methoxy groups -OCH3 is 1. The van der Waals surface area contributed by atoms with Crippen molar-refractivity contribution in [3.63, 3.8) is 0 Å². The molecule has 1 aliphatic rings. The highest BCUT2D eigenvalue weighted by atomic mass is 16.5. The predicted molar refractivity (Wildman–Crippen MR) is 73.4 cm³/mol. The van der Waals surface area contributed by atoms with Crippen LogP contribution in [-0.4, -0.2) is 50.3 Å². The summed E-state index contributed by atoms with van der Waals surface area (Å²) >= 11 is 0. The molecule has 0 aromatic carbocycles. The summed E-state index contributed by atoms with van der Waals surface area (Å²) in [6.07, 6.45) is 5.62. The van der Waals surface area contributed by atoms with Crippen LogP contribution in [0, 0.1) is 11.3 Å². The lowest BCUT2D eigenvalue weighted by Crippen LogP contribution is -2.44. The second-order valence-corrected chi connectivity index (χ2v) is 5.00. The van der Waals surface area contributed by atoms with Crippen LogP contribution in [0.2, 0.25) is 0 Å². The predicted octanol–water partition coefficient (Wildman–Crippen LogP) is 1.77. The molecule has 0 atom stereocenters. The van der Waals surface area contributed by atoms with Crippen molar-refractivity contribution in [3.05, 3.63) is 0 Å². The molecule has 0 unspecified atom stereocenters. The Kier molecular flexibility index (Phi) is 7.99. The lowest BCUT2D eigenvalue weighted by Gasteiger charge is -2.36. The van der Waals surface area contributed by atoms with E-state index in [1.165, 1.54) is 25.7 Å². The maximum absolute atomic E-state index is 8.73. The summed E-state index contributed by atoms with van der Waals surface area (Å²) in [5.41, 5.74) is 0. The number of nitrogens with one attached hydrogen (secondary N) is 1. The minimum atomic E-state index is 0.622. The lowest BCUT2D eigenvalue weighted by atomic mass is 9.90. The van der Waals surface area contributed by atoms with E-state index < -0.39 is 0 Å². The molecule has 0 aromatic heterocycles. The molecule has 4 heteroatoms. The van der Waals surface area contributed by atoms with E-state index in [1.54, 1.807) is 7.11 Å². The molecule has 4 nitrogen and oxygen atoms in total. The van der Waals surface area contributed by atoms with Crippen molar-refractivity contribution in [2.75, 3.05) is 33.4 Å². The van der Waals surface area contributed by atoms with Gasteiger partial charge in [-0.1, -0.05) is 6.92 Å². The van der Waals surface area contributed by atoms with Gasteiger partial charge in [-0.25, -0.2) is 0 Å². The number of hydrogen-bond acceptors (Lipinski definition) is 4. The van der Waals surface area contributed by atoms with Gasteiger partial charge in [0.1, 0.15) is 0 Å². The highest BCUT2D eigenvalue weighted by Gasteiger charge is 2.24. The van der Waals surface area contributed by atoms with Gasteiger partial charge in [-0.2, -0.15) is 5.26 Å². The number of ether oxygens (including phenoxy) is 1. The van der Waals surface area contributed by atoms with Gasteiger partial charge in [0, 0.05) is 38.7 Å². The zero-order chi connectivity index (χ0) is 13.2. The molecular formula is C14H27N3O. The van der Waals surface area contributed by atoms with Gasteiger partial charge in [0.05, 0.1) is 12.7 Å². The topological polar surface area (TPSA) is 48.3 Å². The first-order valence-electron chi connectivity index (χ1n) is 7.15. The molecule has 1 fully saturated rings. The monoisotopic (exact) mass is 253 g/mol. The molecular weight excluding hydrogens is 226 g/mol. The molecule has 104 valence electrons. The first-order chi connectivity index (χ1) is 8.81. The van der Waals surface area contributed by atoms with Crippen LogP contribution in [0.25, 0.3) is 0 Å². The Morgan fingerprint density at radius 1 is 1.28 bits per heavy atom. The average Bonchev–Trinajstić information content (AvgIpc) is 2.41. The molecule has 0 bridgehead atoms. The Labute approximate surface area is 111 Å². The van der Waals surface area contributed by atoms with Crippen LogP contribution in [0.5, 0.6) is 0 Å². The number of nitrogens with zero attached hydrogens (tertiary/aromatic N) is 2. The Morgan fingerprint density at radius 3 is 2.56 bits per heavy atom. The second-order valence-electron chi connectivity index (χ2n) is 5.00. The highest BCUT2D eigenvalue weighted by Crippen LogP contribution is 2.23. The molecule has 18 heavy (non-hydrogen) atoms. The van der Waals surface area contributed by atoms with Crippen LogP contribution in [0.1, 0.15) is 39.0 Å². The molecule has 0 amide bonds. The third-order valence-corrected chi connectivity index (χ3v) is 3.80. The van der Waals surface area contributed by atoms with E-state index in [0.29, 0.717) is 18.5 Å². The minimum Gasteiger partial charge on any atom is -0.383 e. The summed E-state index contributed by atoms with van der Waals surface area (Å²) in [6, 6.07) is 3.59. The third kappa shape index (κ3) is 5.34. The second kappa shape index (κ2) is 9.32. The van der Waals surface area contributed by atoms with Gasteiger partial charge in [-0.15, -0.1) is 0 Å². The molecule has 0 radical (unpaired) electrons. The van der Waals surface area contributed by atoms with E-state index in [1.807, 2.05) is 0 Å². The SMILES string of the molecule is CCNC1CCC(N(CCC#N)CCOC)CC1. The quantitative estimate of drug-likeness (QED) is 0.716. The van der Waals surface area contributed by atoms with Gasteiger partial charge in [-0.05, 0) is 32.2 Å². The van der Waals surface area contributed by atoms with Crippen molar-refractivity contribution in [3.8, 4) is 6.07 Å². The van der Waals surface area contributed by atoms with Crippen molar-refractivity contribution in [1.82, 2.24) is 10.2 Å². The fourth-order valence-electron chi connectivity index (χ4n) is 2.81. The summed E-state index contributed by atoms with van der Waals surface area (Å²) in [6.45, 7) is 5.84. The van der Waals surface area contributed by atoms with Crippen LogP contribution in [0.3, 0.4) is 0 Å². The molecule has 0 heterocycles. The molecule has 1 aliphatic carbocycles. The molecule has 0 spiro atoms. The smallest absolute Gasteiger partial charge is 0.0635 e. The number of rotatable bonds is 8. The molecule has 1 rings (SSSR count). The summed E-state index contributed by atoms with van der Waals surface area (Å²) < 4.78 is 5.17. The minimum absolute atomic E-state index is 0.622. The Balaban J connectivity index is 2.36. The first-order valence-corrected chi connectivity index (χ1v) is 7.15. The standard InChI is InChI=1S/C14H27N3O/c1-3-16-13-5-7-14(8-6-13)17(10-4-9-15)11-12-18-2/h13-14,16H,3-8,10-12H2,1-2H3. The van der Waals surface area contributed by atoms with E-state index in [-0.39, 0.29) is 0 Å². The van der Waals surface area contributed by atoms with Crippen molar-refractivity contribution in [2.45, 2.75) is 51.1 Å². The van der Waals surface area contributed by atoms with Gasteiger partial charge >= 0.3 is 0 Å². The Morgan fingerprint density at radius 2 is 2.00 bits per heavy atom. The largest absolute Gasteiger partial charge is 0.383 e. The van der Waals surface area contributed by atoms with E-state index in [9.17, 15) is 0 Å². The zero-order valence-electron chi connectivity index (χ0n) is 11.8. The van der Waals surface area contributed by atoms with Crippen molar-refractivity contribution < 1.29 is 4.74 Å². The Bertz CT molecular complexity index is 244. The normalized spacial score (nSPS) is 24.1. The highest BCUT2D eigenvalue weighted by molar-refractivity contribution is 4.84. The first kappa shape index (κ1) is 15.4. The van der Waals surface area contributed by atoms with Gasteiger partial charge in [0.25, 0.3) is 0 Å². The van der Waals surface area contributed by atoms with Crippen LogP contribution in [0.15, 0.2) is 0 Å². The molecule has 1 N–H and O–H groups in total. The van der Waals surface area contributed by atoms with Crippen LogP contribution < -0.4 is 5.32 Å². The van der Waals surface area contributed by atoms with Crippen LogP contribution >= 0.6 is 0 Å². The van der Waals surface area contributed by atoms with E-state index >= 15 is 0 Å². The summed E-state index contributed by atoms with van der Waals surface area (Å²) in [7, 11) is 1.74. The molecule has 1 saturated carbocycles. The molecule has 0 saturated heterocycles. The third-order valence-electron chi connectivity index (χ3n) is 3.80. The van der Waals surface area contributed by atoms with Crippen LogP contribution in [-0.2, 0) is 4.74 Å². The lowest BCUT2D eigenvalue weighted by molar-refractivity contribution is 0.0985. The van der Waals surface area contributed by atoms with Gasteiger partial charge < -0.3 is 10.1 Å². The van der Waals surface area contributed by atoms with E-state index in [4.69, 9.17) is 10.00 Å². The van der Waals surface area contributed by atoms with Gasteiger partial charge in [0.15, 0.2) is 0 Å². The Hall–Kier alpha value is -0.630. The number of hydrogen-bond donors (Lipinski definition) is 1. The number of nitriles is 1. The maximum Gasteiger partial charge on any atom is 0.0635 e. The molecule has 0 aliphatic heterocycles. The van der Waals surface area contributed by atoms with Crippen molar-refractivity contribution in [2.24, 2.45) is 0 Å². The maximum atomic E-state index is 8.73. The zero-order valence-corrected chi connectivity index (χ0v) is 11.8. The summed E-state index contributed by atoms with van der Waals surface area (Å²) in [5.74, 6) is 0. The van der Waals surface area contributed by atoms with Gasteiger partial charge in [-0.3, -0.25) is 4.90 Å². The summed E-state index contributed by atoms with van der Waals surface area (Å²) in [4.78, 5) is 2.44. The van der Waals surface area contributed by atoms with Gasteiger partial charge in [0.2, 0.25) is 0 Å². The van der Waals surface area contributed by atoms with E-state index in [2.05, 4.69) is 23.2 Å². The molecule has 0 aromatic rings. The van der Waals surface area contributed by atoms with Crippen molar-refractivity contribution in [1.29, 1.82) is 5.26 Å². The fourth-order valence-corrected chi connectivity index (χ4v) is 2.81. The van der Waals surface area contributed by atoms with Crippen LogP contribution in [0.4, 0.5) is 0 Å². The van der Waals surface area contributed by atoms with Crippen molar-refractivity contribution >= 4 is 0 Å². The average molecular weight is 253 g/mol. The summed E-state index contributed by atoms with van der Waals surface area (Å²) in [5, 5.41) is 12.3. The van der Waals surface area contributed by atoms with E-state index in [0.717, 1.165) is 26.2 Å².